The molecule has 154 valence electrons. The number of nitrogens with one attached hydrogen (secondary N) is 2. The van der Waals surface area contributed by atoms with Crippen molar-refractivity contribution in [1.82, 2.24) is 0 Å². The van der Waals surface area contributed by atoms with Gasteiger partial charge >= 0.3 is 0 Å². The number of ketones is 1. The minimum Gasteiger partial charge on any atom is -0.494 e. The molecule has 3 aromatic rings. The van der Waals surface area contributed by atoms with Crippen LogP contribution in [-0.2, 0) is 0 Å². The van der Waals surface area contributed by atoms with Crippen molar-refractivity contribution in [3.63, 3.8) is 0 Å². The van der Waals surface area contributed by atoms with E-state index in [0.29, 0.717) is 17.9 Å². The van der Waals surface area contributed by atoms with E-state index in [1.165, 1.54) is 12.3 Å². The molecular weight excluding hydrogens is 380 g/mol. The normalized spacial score (nSPS) is 10.7. The quantitative estimate of drug-likeness (QED) is 0.264. The standard InChI is InChI=1S/C24H24N2O4/c1-2-3-16-29-21-12-6-18(7-13-21)22(27)14-15-25-19-8-10-20(11-9-19)26-24(28)23-5-4-17-30-23/h4-15,17,25H,2-3,16H2,1H3,(H,26,28). The third-order valence-corrected chi connectivity index (χ3v) is 4.28. The first-order valence-corrected chi connectivity index (χ1v) is 9.81. The van der Waals surface area contributed by atoms with Gasteiger partial charge in [0.2, 0.25) is 0 Å². The predicted octanol–water partition coefficient (Wildman–Crippen LogP) is 5.52. The zero-order valence-corrected chi connectivity index (χ0v) is 16.8. The lowest BCUT2D eigenvalue weighted by Gasteiger charge is -2.06. The van der Waals surface area contributed by atoms with Gasteiger partial charge in [-0.1, -0.05) is 13.3 Å². The topological polar surface area (TPSA) is 80.6 Å². The summed E-state index contributed by atoms with van der Waals surface area (Å²) in [7, 11) is 0. The SMILES string of the molecule is CCCCOc1ccc(C(=O)C=CNc2ccc(NC(=O)c3ccco3)cc2)cc1. The van der Waals surface area contributed by atoms with Crippen molar-refractivity contribution in [2.45, 2.75) is 19.8 Å². The van der Waals surface area contributed by atoms with E-state index in [2.05, 4.69) is 17.6 Å². The molecule has 0 spiro atoms. The summed E-state index contributed by atoms with van der Waals surface area (Å²) in [5.41, 5.74) is 2.02. The summed E-state index contributed by atoms with van der Waals surface area (Å²) < 4.78 is 10.7. The largest absolute Gasteiger partial charge is 0.494 e. The van der Waals surface area contributed by atoms with Crippen LogP contribution < -0.4 is 15.4 Å². The molecule has 0 aliphatic carbocycles. The second-order valence-corrected chi connectivity index (χ2v) is 6.58. The Morgan fingerprint density at radius 3 is 2.40 bits per heavy atom. The first kappa shape index (κ1) is 20.9. The molecule has 0 fully saturated rings. The van der Waals surface area contributed by atoms with Crippen LogP contribution in [0.15, 0.2) is 83.6 Å². The first-order valence-electron chi connectivity index (χ1n) is 9.81. The number of carbonyl (C=O) groups is 2. The van der Waals surface area contributed by atoms with E-state index in [0.717, 1.165) is 24.3 Å². The maximum Gasteiger partial charge on any atom is 0.291 e. The zero-order valence-electron chi connectivity index (χ0n) is 16.8. The summed E-state index contributed by atoms with van der Waals surface area (Å²) in [4.78, 5) is 24.2. The molecule has 0 atom stereocenters. The van der Waals surface area contributed by atoms with Crippen molar-refractivity contribution in [2.75, 3.05) is 17.2 Å². The summed E-state index contributed by atoms with van der Waals surface area (Å²) in [6.45, 7) is 2.79. The average molecular weight is 404 g/mol. The van der Waals surface area contributed by atoms with Gasteiger partial charge in [0, 0.05) is 29.2 Å². The van der Waals surface area contributed by atoms with Crippen LogP contribution in [0.3, 0.4) is 0 Å². The second kappa shape index (κ2) is 10.7. The Hall–Kier alpha value is -3.80. The Morgan fingerprint density at radius 1 is 1.00 bits per heavy atom. The number of allylic oxidation sites excluding steroid dienone is 1. The number of rotatable bonds is 10. The van der Waals surface area contributed by atoms with Crippen molar-refractivity contribution in [1.29, 1.82) is 0 Å². The van der Waals surface area contributed by atoms with Crippen molar-refractivity contribution < 1.29 is 18.7 Å². The third-order valence-electron chi connectivity index (χ3n) is 4.28. The van der Waals surface area contributed by atoms with Crippen LogP contribution in [0.5, 0.6) is 5.75 Å². The molecule has 0 saturated heterocycles. The van der Waals surface area contributed by atoms with Gasteiger partial charge in [0.25, 0.3) is 5.91 Å². The van der Waals surface area contributed by atoms with E-state index in [9.17, 15) is 9.59 Å². The van der Waals surface area contributed by atoms with Gasteiger partial charge < -0.3 is 19.8 Å². The third kappa shape index (κ3) is 6.10. The van der Waals surface area contributed by atoms with E-state index in [-0.39, 0.29) is 17.5 Å². The molecule has 0 aliphatic rings. The molecule has 0 aliphatic heterocycles. The first-order chi connectivity index (χ1) is 14.7. The van der Waals surface area contributed by atoms with Crippen molar-refractivity contribution in [3.8, 4) is 5.75 Å². The Bertz CT molecular complexity index is 975. The van der Waals surface area contributed by atoms with Crippen LogP contribution in [0.2, 0.25) is 0 Å². The molecule has 1 heterocycles. The monoisotopic (exact) mass is 404 g/mol. The zero-order chi connectivity index (χ0) is 21.2. The summed E-state index contributed by atoms with van der Waals surface area (Å²) in [5, 5.41) is 5.79. The lowest BCUT2D eigenvalue weighted by molar-refractivity contribution is 0.0995. The van der Waals surface area contributed by atoms with E-state index in [1.54, 1.807) is 66.9 Å². The highest BCUT2D eigenvalue weighted by Crippen LogP contribution is 2.16. The molecule has 2 aromatic carbocycles. The Labute approximate surface area is 175 Å². The van der Waals surface area contributed by atoms with Gasteiger partial charge in [-0.2, -0.15) is 0 Å². The van der Waals surface area contributed by atoms with Crippen LogP contribution >= 0.6 is 0 Å². The highest BCUT2D eigenvalue weighted by atomic mass is 16.5. The molecule has 0 saturated carbocycles. The fourth-order valence-electron chi connectivity index (χ4n) is 2.61. The molecule has 0 unspecified atom stereocenters. The minimum absolute atomic E-state index is 0.107. The maximum atomic E-state index is 12.3. The van der Waals surface area contributed by atoms with Crippen molar-refractivity contribution in [2.24, 2.45) is 0 Å². The summed E-state index contributed by atoms with van der Waals surface area (Å²) >= 11 is 0. The number of ether oxygens (including phenoxy) is 1. The Kier molecular flexibility index (Phi) is 7.44. The number of furan rings is 1. The molecule has 1 aromatic heterocycles. The van der Waals surface area contributed by atoms with Gasteiger partial charge in [0.15, 0.2) is 11.5 Å². The van der Waals surface area contributed by atoms with E-state index in [4.69, 9.17) is 9.15 Å². The molecule has 0 radical (unpaired) electrons. The van der Waals surface area contributed by atoms with Gasteiger partial charge in [-0.25, -0.2) is 0 Å². The smallest absolute Gasteiger partial charge is 0.291 e. The molecular formula is C24H24N2O4. The van der Waals surface area contributed by atoms with E-state index in [1.807, 2.05) is 0 Å². The number of anilines is 2. The van der Waals surface area contributed by atoms with Gasteiger partial charge in [-0.15, -0.1) is 0 Å². The lowest BCUT2D eigenvalue weighted by Crippen LogP contribution is -2.10. The van der Waals surface area contributed by atoms with Crippen molar-refractivity contribution >= 4 is 23.1 Å². The average Bonchev–Trinajstić information content (AvgIpc) is 3.31. The molecule has 6 nitrogen and oxygen atoms in total. The molecule has 0 bridgehead atoms. The fourth-order valence-corrected chi connectivity index (χ4v) is 2.61. The highest BCUT2D eigenvalue weighted by Gasteiger charge is 2.08. The Balaban J connectivity index is 1.48. The molecule has 6 heteroatoms. The van der Waals surface area contributed by atoms with Crippen LogP contribution in [0, 0.1) is 0 Å². The van der Waals surface area contributed by atoms with Crippen molar-refractivity contribution in [3.05, 3.63) is 90.5 Å². The minimum atomic E-state index is -0.312. The number of hydrogen-bond donors (Lipinski definition) is 2. The number of unbranched alkanes of at least 4 members (excludes halogenated alkanes) is 1. The van der Waals surface area contributed by atoms with Gasteiger partial charge in [0.1, 0.15) is 5.75 Å². The molecule has 2 N–H and O–H groups in total. The van der Waals surface area contributed by atoms with Crippen LogP contribution in [0.25, 0.3) is 0 Å². The number of benzene rings is 2. The summed E-state index contributed by atoms with van der Waals surface area (Å²) in [6, 6.07) is 17.5. The number of carbonyl (C=O) groups excluding carboxylic acids is 2. The Morgan fingerprint density at radius 2 is 1.73 bits per heavy atom. The highest BCUT2D eigenvalue weighted by molar-refractivity contribution is 6.04. The fraction of sp³-hybridized carbons (Fsp3) is 0.167. The van der Waals surface area contributed by atoms with Gasteiger partial charge in [-0.3, -0.25) is 9.59 Å². The molecule has 3 rings (SSSR count). The van der Waals surface area contributed by atoms with Gasteiger partial charge in [-0.05, 0) is 67.1 Å². The summed E-state index contributed by atoms with van der Waals surface area (Å²) in [6.07, 6.45) is 6.60. The van der Waals surface area contributed by atoms with E-state index >= 15 is 0 Å². The predicted molar refractivity (Wildman–Crippen MR) is 117 cm³/mol. The van der Waals surface area contributed by atoms with Crippen LogP contribution in [0.4, 0.5) is 11.4 Å². The van der Waals surface area contributed by atoms with E-state index < -0.39 is 0 Å². The van der Waals surface area contributed by atoms with Crippen LogP contribution in [-0.4, -0.2) is 18.3 Å². The number of hydrogen-bond acceptors (Lipinski definition) is 5. The van der Waals surface area contributed by atoms with Gasteiger partial charge in [0.05, 0.1) is 12.9 Å². The summed E-state index contributed by atoms with van der Waals surface area (Å²) in [5.74, 6) is 0.596. The lowest BCUT2D eigenvalue weighted by atomic mass is 10.1. The maximum absolute atomic E-state index is 12.3. The van der Waals surface area contributed by atoms with Crippen LogP contribution in [0.1, 0.15) is 40.7 Å². The second-order valence-electron chi connectivity index (χ2n) is 6.58. The molecule has 1 amide bonds. The molecule has 30 heavy (non-hydrogen) atoms. The number of amides is 1.